The topological polar surface area (TPSA) is 30.5 Å². The largest absolute Gasteiger partial charge is 0.491 e. The first-order chi connectivity index (χ1) is 10.5. The molecule has 1 aliphatic rings. The summed E-state index contributed by atoms with van der Waals surface area (Å²) in [6, 6.07) is 8.50. The molecule has 1 saturated carbocycles. The molecule has 0 aromatic heterocycles. The molecule has 1 atom stereocenters. The average molecular weight is 305 g/mol. The van der Waals surface area contributed by atoms with Gasteiger partial charge in [0.15, 0.2) is 0 Å². The lowest BCUT2D eigenvalue weighted by Gasteiger charge is -2.25. The van der Waals surface area contributed by atoms with Crippen molar-refractivity contribution >= 4 is 0 Å². The molecule has 0 saturated heterocycles. The van der Waals surface area contributed by atoms with Crippen molar-refractivity contribution in [2.45, 2.75) is 64.0 Å². The number of hydrogen-bond acceptors (Lipinski definition) is 3. The van der Waals surface area contributed by atoms with Gasteiger partial charge in [-0.1, -0.05) is 31.0 Å². The lowest BCUT2D eigenvalue weighted by atomic mass is 9.97. The van der Waals surface area contributed by atoms with Crippen LogP contribution < -0.4 is 10.1 Å². The van der Waals surface area contributed by atoms with Crippen LogP contribution in [0.15, 0.2) is 24.3 Å². The molecule has 0 radical (unpaired) electrons. The number of benzene rings is 1. The molecular weight excluding hydrogens is 274 g/mol. The molecule has 1 N–H and O–H groups in total. The van der Waals surface area contributed by atoms with Crippen LogP contribution in [-0.4, -0.2) is 31.9 Å². The fourth-order valence-electron chi connectivity index (χ4n) is 3.00. The van der Waals surface area contributed by atoms with Crippen molar-refractivity contribution in [2.24, 2.45) is 0 Å². The molecule has 0 heterocycles. The van der Waals surface area contributed by atoms with Gasteiger partial charge in [-0.15, -0.1) is 0 Å². The van der Waals surface area contributed by atoms with Crippen LogP contribution in [0.2, 0.25) is 0 Å². The summed E-state index contributed by atoms with van der Waals surface area (Å²) >= 11 is 0. The van der Waals surface area contributed by atoms with Gasteiger partial charge in [0, 0.05) is 19.2 Å². The summed E-state index contributed by atoms with van der Waals surface area (Å²) in [4.78, 5) is 0. The van der Waals surface area contributed by atoms with E-state index in [9.17, 15) is 0 Å². The Bertz CT molecular complexity index is 447. The highest BCUT2D eigenvalue weighted by atomic mass is 16.5. The van der Waals surface area contributed by atoms with Crippen LogP contribution in [0.25, 0.3) is 0 Å². The fraction of sp³-hybridized carbons (Fsp3) is 0.684. The van der Waals surface area contributed by atoms with Crippen molar-refractivity contribution in [1.29, 1.82) is 0 Å². The van der Waals surface area contributed by atoms with Gasteiger partial charge in [-0.3, -0.25) is 0 Å². The van der Waals surface area contributed by atoms with E-state index >= 15 is 0 Å². The van der Waals surface area contributed by atoms with Crippen molar-refractivity contribution in [3.8, 4) is 5.75 Å². The minimum Gasteiger partial charge on any atom is -0.491 e. The molecule has 3 nitrogen and oxygen atoms in total. The number of hydrogen-bond donors (Lipinski definition) is 1. The van der Waals surface area contributed by atoms with Crippen LogP contribution in [0, 0.1) is 0 Å². The molecule has 0 amide bonds. The number of methoxy groups -OCH3 is 1. The molecular formula is C19H31NO2. The second-order valence-corrected chi connectivity index (χ2v) is 7.32. The zero-order chi connectivity index (χ0) is 16.0. The Hall–Kier alpha value is -1.06. The van der Waals surface area contributed by atoms with E-state index in [1.807, 2.05) is 0 Å². The summed E-state index contributed by atoms with van der Waals surface area (Å²) in [6.45, 7) is 7.87. The maximum absolute atomic E-state index is 6.10. The zero-order valence-electron chi connectivity index (χ0n) is 14.5. The molecule has 22 heavy (non-hydrogen) atoms. The van der Waals surface area contributed by atoms with Crippen LogP contribution in [0.5, 0.6) is 5.75 Å². The van der Waals surface area contributed by atoms with E-state index in [0.29, 0.717) is 12.5 Å². The second kappa shape index (κ2) is 7.98. The highest BCUT2D eigenvalue weighted by molar-refractivity contribution is 5.36. The Morgan fingerprint density at radius 1 is 1.18 bits per heavy atom. The predicted octanol–water partition coefficient (Wildman–Crippen LogP) is 4.13. The van der Waals surface area contributed by atoms with E-state index in [1.54, 1.807) is 7.11 Å². The first-order valence-electron chi connectivity index (χ1n) is 8.49. The van der Waals surface area contributed by atoms with Gasteiger partial charge in [-0.25, -0.2) is 0 Å². The Morgan fingerprint density at radius 2 is 1.86 bits per heavy atom. The molecule has 1 aromatic rings. The predicted molar refractivity (Wildman–Crippen MR) is 91.7 cm³/mol. The average Bonchev–Trinajstić information content (AvgIpc) is 3.01. The van der Waals surface area contributed by atoms with Crippen molar-refractivity contribution in [3.63, 3.8) is 0 Å². The maximum atomic E-state index is 6.10. The minimum atomic E-state index is 0.0656. The quantitative estimate of drug-likeness (QED) is 0.822. The summed E-state index contributed by atoms with van der Waals surface area (Å²) in [5, 5.41) is 3.47. The molecule has 0 spiro atoms. The molecule has 3 heteroatoms. The lowest BCUT2D eigenvalue weighted by Crippen LogP contribution is -2.43. The van der Waals surface area contributed by atoms with Crippen LogP contribution >= 0.6 is 0 Å². The molecule has 0 bridgehead atoms. The van der Waals surface area contributed by atoms with Gasteiger partial charge in [0.25, 0.3) is 0 Å². The third kappa shape index (κ3) is 5.29. The van der Waals surface area contributed by atoms with E-state index < -0.39 is 0 Å². The van der Waals surface area contributed by atoms with Crippen LogP contribution in [0.3, 0.4) is 0 Å². The fourth-order valence-corrected chi connectivity index (χ4v) is 3.00. The first kappa shape index (κ1) is 17.3. The number of ether oxygens (including phenoxy) is 2. The van der Waals surface area contributed by atoms with Crippen LogP contribution in [0.4, 0.5) is 0 Å². The van der Waals surface area contributed by atoms with Crippen molar-refractivity contribution in [1.82, 2.24) is 5.32 Å². The highest BCUT2D eigenvalue weighted by Crippen LogP contribution is 2.38. The van der Waals surface area contributed by atoms with Gasteiger partial charge in [0.2, 0.25) is 0 Å². The molecule has 124 valence electrons. The van der Waals surface area contributed by atoms with E-state index in [4.69, 9.17) is 9.47 Å². The molecule has 0 aliphatic heterocycles. The molecule has 1 aromatic carbocycles. The normalized spacial score (nSPS) is 17.6. The minimum absolute atomic E-state index is 0.0656. The zero-order valence-corrected chi connectivity index (χ0v) is 14.5. The monoisotopic (exact) mass is 305 g/mol. The molecule has 1 unspecified atom stereocenters. The number of para-hydroxylation sites is 1. The van der Waals surface area contributed by atoms with E-state index in [-0.39, 0.29) is 11.6 Å². The van der Waals surface area contributed by atoms with E-state index in [0.717, 1.165) is 12.3 Å². The van der Waals surface area contributed by atoms with Gasteiger partial charge in [-0.2, -0.15) is 0 Å². The van der Waals surface area contributed by atoms with Gasteiger partial charge in [0.1, 0.15) is 18.5 Å². The van der Waals surface area contributed by atoms with E-state index in [2.05, 4.69) is 50.4 Å². The van der Waals surface area contributed by atoms with Crippen LogP contribution in [-0.2, 0) is 4.74 Å². The third-order valence-corrected chi connectivity index (χ3v) is 4.33. The SMILES string of the molecule is COC(CNC(C)(C)C)COc1ccccc1C1CCCC1. The van der Waals surface area contributed by atoms with Crippen molar-refractivity contribution in [3.05, 3.63) is 29.8 Å². The number of rotatable bonds is 7. The smallest absolute Gasteiger partial charge is 0.122 e. The summed E-state index contributed by atoms with van der Waals surface area (Å²) in [6.07, 6.45) is 5.33. The van der Waals surface area contributed by atoms with Gasteiger partial charge in [-0.05, 0) is 51.2 Å². The summed E-state index contributed by atoms with van der Waals surface area (Å²) in [5.74, 6) is 1.71. The highest BCUT2D eigenvalue weighted by Gasteiger charge is 2.21. The molecule has 2 rings (SSSR count). The van der Waals surface area contributed by atoms with E-state index in [1.165, 1.54) is 31.2 Å². The lowest BCUT2D eigenvalue weighted by molar-refractivity contribution is 0.0532. The third-order valence-electron chi connectivity index (χ3n) is 4.33. The molecule has 1 aliphatic carbocycles. The standard InChI is InChI=1S/C19H31NO2/c1-19(2,3)20-13-16(21-4)14-22-18-12-8-7-11-17(18)15-9-5-6-10-15/h7-8,11-12,15-16,20H,5-6,9-10,13-14H2,1-4H3. The van der Waals surface area contributed by atoms with Gasteiger partial charge in [0.05, 0.1) is 0 Å². The number of nitrogens with one attached hydrogen (secondary N) is 1. The first-order valence-corrected chi connectivity index (χ1v) is 8.49. The Morgan fingerprint density at radius 3 is 2.50 bits per heavy atom. The summed E-state index contributed by atoms with van der Waals surface area (Å²) in [5.41, 5.74) is 1.47. The Balaban J connectivity index is 1.92. The molecule has 1 fully saturated rings. The summed E-state index contributed by atoms with van der Waals surface area (Å²) < 4.78 is 11.6. The van der Waals surface area contributed by atoms with Crippen molar-refractivity contribution in [2.75, 3.05) is 20.3 Å². The van der Waals surface area contributed by atoms with Gasteiger partial charge >= 0.3 is 0 Å². The summed E-state index contributed by atoms with van der Waals surface area (Å²) in [7, 11) is 1.75. The van der Waals surface area contributed by atoms with Gasteiger partial charge < -0.3 is 14.8 Å². The second-order valence-electron chi connectivity index (χ2n) is 7.32. The maximum Gasteiger partial charge on any atom is 0.122 e. The Labute approximate surface area is 135 Å². The Kier molecular flexibility index (Phi) is 6.27. The van der Waals surface area contributed by atoms with Crippen molar-refractivity contribution < 1.29 is 9.47 Å². The van der Waals surface area contributed by atoms with Crippen LogP contribution in [0.1, 0.15) is 57.9 Å².